The smallest absolute Gasteiger partial charge is 0.221 e. The maximum atomic E-state index is 5.19. The second-order valence-corrected chi connectivity index (χ2v) is 2.63. The molecular formula is C8H10N3S+. The number of hydrazine groups is 1. The molecule has 0 aromatic heterocycles. The number of rotatable bonds is 2. The highest BCUT2D eigenvalue weighted by molar-refractivity contribution is 7.80. The van der Waals surface area contributed by atoms with Crippen molar-refractivity contribution in [3.63, 3.8) is 0 Å². The zero-order valence-corrected chi connectivity index (χ0v) is 7.27. The molecular weight excluding hydrogens is 170 g/mol. The van der Waals surface area contributed by atoms with Crippen LogP contribution in [0.5, 0.6) is 0 Å². The highest BCUT2D eigenvalue weighted by Gasteiger charge is 1.88. The van der Waals surface area contributed by atoms with E-state index in [1.165, 1.54) is 0 Å². The number of hydrazone groups is 1. The second-order valence-electron chi connectivity index (χ2n) is 2.19. The Morgan fingerprint density at radius 1 is 1.42 bits per heavy atom. The molecule has 62 valence electrons. The van der Waals surface area contributed by atoms with Crippen LogP contribution in [0.2, 0.25) is 0 Å². The highest BCUT2D eigenvalue weighted by atomic mass is 32.1. The molecule has 0 radical (unpaired) electrons. The molecule has 0 aliphatic carbocycles. The van der Waals surface area contributed by atoms with Gasteiger partial charge in [-0.25, -0.2) is 0 Å². The number of hydrogen-bond donors (Lipinski definition) is 3. The lowest BCUT2D eigenvalue weighted by molar-refractivity contribution is -0.499. The van der Waals surface area contributed by atoms with Crippen LogP contribution in [0.15, 0.2) is 30.3 Å². The van der Waals surface area contributed by atoms with Crippen LogP contribution >= 0.6 is 12.2 Å². The molecule has 1 rings (SSSR count). The lowest BCUT2D eigenvalue weighted by Crippen LogP contribution is -2.82. The zero-order chi connectivity index (χ0) is 8.81. The van der Waals surface area contributed by atoms with Gasteiger partial charge in [-0.3, -0.25) is 0 Å². The van der Waals surface area contributed by atoms with Gasteiger partial charge in [0.15, 0.2) is 6.21 Å². The van der Waals surface area contributed by atoms with E-state index in [1.54, 1.807) is 6.21 Å². The topological polar surface area (TPSA) is 52.0 Å². The maximum Gasteiger partial charge on any atom is 0.221 e. The van der Waals surface area contributed by atoms with E-state index < -0.39 is 0 Å². The Hall–Kier alpha value is -1.42. The van der Waals surface area contributed by atoms with Gasteiger partial charge < -0.3 is 5.73 Å². The van der Waals surface area contributed by atoms with Gasteiger partial charge in [0.1, 0.15) is 0 Å². The Kier molecular flexibility index (Phi) is 3.22. The van der Waals surface area contributed by atoms with Gasteiger partial charge in [0.25, 0.3) is 0 Å². The van der Waals surface area contributed by atoms with Crippen LogP contribution in [0, 0.1) is 0 Å². The van der Waals surface area contributed by atoms with Crippen molar-refractivity contribution < 1.29 is 5.10 Å². The molecule has 1 aromatic rings. The van der Waals surface area contributed by atoms with Crippen molar-refractivity contribution in [2.45, 2.75) is 0 Å². The summed E-state index contributed by atoms with van der Waals surface area (Å²) < 4.78 is 0. The van der Waals surface area contributed by atoms with E-state index in [2.05, 4.69) is 22.7 Å². The van der Waals surface area contributed by atoms with Crippen molar-refractivity contribution in [2.75, 3.05) is 0 Å². The molecule has 0 saturated heterocycles. The molecule has 0 aliphatic heterocycles. The van der Waals surface area contributed by atoms with Gasteiger partial charge in [-0.1, -0.05) is 18.2 Å². The predicted molar refractivity (Wildman–Crippen MR) is 52.5 cm³/mol. The fraction of sp³-hybridized carbons (Fsp3) is 0. The van der Waals surface area contributed by atoms with E-state index >= 15 is 0 Å². The van der Waals surface area contributed by atoms with E-state index in [-0.39, 0.29) is 5.11 Å². The molecule has 0 spiro atoms. The third-order valence-corrected chi connectivity index (χ3v) is 1.34. The number of thiocarbonyl (C=S) groups is 1. The standard InChI is InChI=1S/C8H9N3S/c9-8(12)11-10-6-7-4-2-1-3-5-7/h1-6H,(H3,9,11,12)/p+1. The second kappa shape index (κ2) is 4.46. The first-order valence-electron chi connectivity index (χ1n) is 3.48. The molecule has 3 nitrogen and oxygen atoms in total. The number of benzene rings is 1. The molecule has 12 heavy (non-hydrogen) atoms. The molecule has 0 heterocycles. The Labute approximate surface area is 76.3 Å². The molecule has 0 aliphatic rings. The lowest BCUT2D eigenvalue weighted by Gasteiger charge is -1.87. The van der Waals surface area contributed by atoms with Crippen LogP contribution in [-0.2, 0) is 0 Å². The average molecular weight is 180 g/mol. The van der Waals surface area contributed by atoms with E-state index in [9.17, 15) is 0 Å². The average Bonchev–Trinajstić information content (AvgIpc) is 2.05. The summed E-state index contributed by atoms with van der Waals surface area (Å²) in [6.07, 6.45) is 1.78. The van der Waals surface area contributed by atoms with Crippen molar-refractivity contribution >= 4 is 23.5 Å². The third-order valence-electron chi connectivity index (χ3n) is 1.23. The Bertz CT molecular complexity index is 282. The van der Waals surface area contributed by atoms with Crippen LogP contribution in [0.1, 0.15) is 5.56 Å². The van der Waals surface area contributed by atoms with Gasteiger partial charge in [0, 0.05) is 5.56 Å². The molecule has 4 heteroatoms. The first-order chi connectivity index (χ1) is 5.79. The summed E-state index contributed by atoms with van der Waals surface area (Å²) in [5, 5.41) is 2.98. The SMILES string of the molecule is NC(=S)N[NH+]=Cc1ccccc1. The van der Waals surface area contributed by atoms with Crippen molar-refractivity contribution in [1.82, 2.24) is 5.43 Å². The first-order valence-corrected chi connectivity index (χ1v) is 3.89. The molecule has 0 fully saturated rings. The highest BCUT2D eigenvalue weighted by Crippen LogP contribution is 1.90. The van der Waals surface area contributed by atoms with Crippen LogP contribution in [-0.4, -0.2) is 11.3 Å². The molecule has 0 amide bonds. The fourth-order valence-electron chi connectivity index (χ4n) is 0.740. The minimum absolute atomic E-state index is 0.224. The minimum Gasteiger partial charge on any atom is -0.372 e. The van der Waals surface area contributed by atoms with Crippen LogP contribution < -0.4 is 16.3 Å². The molecule has 0 saturated carbocycles. The molecule has 4 N–H and O–H groups in total. The minimum atomic E-state index is 0.224. The normalized spacial score (nSPS) is 10.0. The van der Waals surface area contributed by atoms with Gasteiger partial charge >= 0.3 is 0 Å². The lowest BCUT2D eigenvalue weighted by atomic mass is 10.2. The van der Waals surface area contributed by atoms with Gasteiger partial charge in [-0.2, -0.15) is 0 Å². The fourth-order valence-corrected chi connectivity index (χ4v) is 0.799. The Morgan fingerprint density at radius 2 is 2.08 bits per heavy atom. The number of nitrogens with one attached hydrogen (secondary N) is 2. The van der Waals surface area contributed by atoms with E-state index in [0.29, 0.717) is 0 Å². The van der Waals surface area contributed by atoms with Crippen LogP contribution in [0.25, 0.3) is 0 Å². The summed E-state index contributed by atoms with van der Waals surface area (Å²) in [6.45, 7) is 0. The van der Waals surface area contributed by atoms with Crippen molar-refractivity contribution in [1.29, 1.82) is 0 Å². The number of hydrogen-bond acceptors (Lipinski definition) is 1. The van der Waals surface area contributed by atoms with E-state index in [0.717, 1.165) is 5.56 Å². The van der Waals surface area contributed by atoms with Crippen LogP contribution in [0.3, 0.4) is 0 Å². The summed E-state index contributed by atoms with van der Waals surface area (Å²) in [5.41, 5.74) is 8.85. The van der Waals surface area contributed by atoms with Gasteiger partial charge in [-0.05, 0) is 24.4 Å². The van der Waals surface area contributed by atoms with E-state index in [1.807, 2.05) is 30.3 Å². The maximum absolute atomic E-state index is 5.19. The van der Waals surface area contributed by atoms with E-state index in [4.69, 9.17) is 5.73 Å². The summed E-state index contributed by atoms with van der Waals surface area (Å²) in [6, 6.07) is 9.80. The molecule has 0 atom stereocenters. The Morgan fingerprint density at radius 3 is 2.67 bits per heavy atom. The molecule has 0 bridgehead atoms. The predicted octanol–water partition coefficient (Wildman–Crippen LogP) is -1.07. The summed E-state index contributed by atoms with van der Waals surface area (Å²) >= 11 is 4.60. The summed E-state index contributed by atoms with van der Waals surface area (Å²) in [7, 11) is 0. The zero-order valence-electron chi connectivity index (χ0n) is 6.45. The van der Waals surface area contributed by atoms with Crippen LogP contribution in [0.4, 0.5) is 0 Å². The first kappa shape index (κ1) is 8.67. The van der Waals surface area contributed by atoms with Gasteiger partial charge in [0.05, 0.1) is 0 Å². The monoisotopic (exact) mass is 180 g/mol. The van der Waals surface area contributed by atoms with Crippen molar-refractivity contribution in [3.05, 3.63) is 35.9 Å². The molecule has 0 unspecified atom stereocenters. The molecule has 1 aromatic carbocycles. The number of nitrogens with two attached hydrogens (primary N) is 1. The van der Waals surface area contributed by atoms with Crippen molar-refractivity contribution in [2.24, 2.45) is 5.73 Å². The summed E-state index contributed by atoms with van der Waals surface area (Å²) in [5.74, 6) is 0. The van der Waals surface area contributed by atoms with Crippen molar-refractivity contribution in [3.8, 4) is 0 Å². The Balaban J connectivity index is 2.52. The quantitative estimate of drug-likeness (QED) is 0.309. The van der Waals surface area contributed by atoms with Gasteiger partial charge in [0.2, 0.25) is 5.11 Å². The third kappa shape index (κ3) is 3.12. The summed E-state index contributed by atoms with van der Waals surface area (Å²) in [4.78, 5) is 0. The largest absolute Gasteiger partial charge is 0.372 e. The van der Waals surface area contributed by atoms with Gasteiger partial charge in [-0.15, -0.1) is 10.5 Å².